The van der Waals surface area contributed by atoms with Gasteiger partial charge in [0, 0.05) is 11.6 Å². The second-order valence-electron chi connectivity index (χ2n) is 4.24. The number of carbonyl (C=O) groups is 1. The number of carbonyl (C=O) groups excluding carboxylic acids is 1. The molecule has 0 bridgehead atoms. The first-order chi connectivity index (χ1) is 9.63. The molecule has 0 fully saturated rings. The third kappa shape index (κ3) is 2.55. The summed E-state index contributed by atoms with van der Waals surface area (Å²) in [5.74, 6) is 0.398. The van der Waals surface area contributed by atoms with Crippen molar-refractivity contribution in [3.8, 4) is 5.75 Å². The van der Waals surface area contributed by atoms with Crippen LogP contribution >= 0.6 is 23.2 Å². The van der Waals surface area contributed by atoms with Crippen molar-refractivity contribution in [3.05, 3.63) is 46.3 Å². The maximum Gasteiger partial charge on any atom is 0.236 e. The molecule has 1 N–H and O–H groups in total. The number of hydrogen-bond donors (Lipinski definition) is 1. The molecule has 2 heterocycles. The molecule has 1 unspecified atom stereocenters. The minimum atomic E-state index is -0.376. The second kappa shape index (κ2) is 5.26. The molecule has 0 aliphatic carbocycles. The van der Waals surface area contributed by atoms with Gasteiger partial charge in [0.05, 0.1) is 0 Å². The van der Waals surface area contributed by atoms with E-state index in [1.807, 2.05) is 24.3 Å². The van der Waals surface area contributed by atoms with Crippen molar-refractivity contribution < 1.29 is 9.53 Å². The van der Waals surface area contributed by atoms with E-state index in [1.165, 1.54) is 6.07 Å². The van der Waals surface area contributed by atoms with Gasteiger partial charge in [0.1, 0.15) is 29.2 Å². The fourth-order valence-corrected chi connectivity index (χ4v) is 2.46. The van der Waals surface area contributed by atoms with E-state index in [2.05, 4.69) is 15.3 Å². The fourth-order valence-electron chi connectivity index (χ4n) is 2.05. The highest BCUT2D eigenvalue weighted by molar-refractivity contribution is 6.32. The van der Waals surface area contributed by atoms with Crippen LogP contribution in [0.5, 0.6) is 5.75 Å². The van der Waals surface area contributed by atoms with Gasteiger partial charge in [0.15, 0.2) is 0 Å². The van der Waals surface area contributed by atoms with Gasteiger partial charge in [-0.1, -0.05) is 29.8 Å². The smallest absolute Gasteiger partial charge is 0.236 e. The van der Waals surface area contributed by atoms with Crippen LogP contribution in [-0.2, 0) is 4.79 Å². The highest BCUT2D eigenvalue weighted by atomic mass is 35.5. The lowest BCUT2D eigenvalue weighted by atomic mass is 10.0. The number of halogens is 2. The van der Waals surface area contributed by atoms with Gasteiger partial charge in [-0.15, -0.1) is 0 Å². The number of benzene rings is 1. The standard InChI is InChI=1S/C13H9Cl2N3O2/c14-10-5-11(18-13(15)16-10)17-12(19)8-6-20-9-4-2-1-3-7(8)9/h1-5,8H,6H2,(H,16,17,18,19). The molecule has 0 saturated carbocycles. The average molecular weight is 310 g/mol. The van der Waals surface area contributed by atoms with Crippen molar-refractivity contribution in [2.45, 2.75) is 5.92 Å². The normalized spacial score (nSPS) is 16.4. The van der Waals surface area contributed by atoms with Gasteiger partial charge in [0.2, 0.25) is 11.2 Å². The van der Waals surface area contributed by atoms with Crippen molar-refractivity contribution >= 4 is 34.9 Å². The summed E-state index contributed by atoms with van der Waals surface area (Å²) >= 11 is 11.5. The first kappa shape index (κ1) is 13.1. The molecule has 1 aliphatic heterocycles. The summed E-state index contributed by atoms with van der Waals surface area (Å²) in [7, 11) is 0. The van der Waals surface area contributed by atoms with Crippen LogP contribution in [0.3, 0.4) is 0 Å². The number of hydrogen-bond acceptors (Lipinski definition) is 4. The summed E-state index contributed by atoms with van der Waals surface area (Å²) in [6.45, 7) is 0.303. The maximum absolute atomic E-state index is 12.3. The van der Waals surface area contributed by atoms with Crippen molar-refractivity contribution in [3.63, 3.8) is 0 Å². The van der Waals surface area contributed by atoms with E-state index in [0.717, 1.165) is 11.3 Å². The highest BCUT2D eigenvalue weighted by Crippen LogP contribution is 2.34. The first-order valence-electron chi connectivity index (χ1n) is 5.86. The minimum absolute atomic E-state index is 0.0177. The molecule has 3 rings (SSSR count). The number of nitrogens with zero attached hydrogens (tertiary/aromatic N) is 2. The second-order valence-corrected chi connectivity index (χ2v) is 4.96. The van der Waals surface area contributed by atoms with Crippen molar-refractivity contribution in [1.29, 1.82) is 0 Å². The van der Waals surface area contributed by atoms with E-state index in [0.29, 0.717) is 6.61 Å². The Labute approximate surface area is 124 Å². The SMILES string of the molecule is O=C(Nc1cc(Cl)nc(Cl)n1)C1COc2ccccc21. The molecule has 2 aromatic rings. The Balaban J connectivity index is 1.81. The summed E-state index contributed by atoms with van der Waals surface area (Å²) in [6.07, 6.45) is 0. The van der Waals surface area contributed by atoms with Gasteiger partial charge in [0.25, 0.3) is 0 Å². The van der Waals surface area contributed by atoms with Crippen LogP contribution in [-0.4, -0.2) is 22.5 Å². The summed E-state index contributed by atoms with van der Waals surface area (Å²) in [6, 6.07) is 8.87. The molecule has 0 radical (unpaired) electrons. The number of fused-ring (bicyclic) bond motifs is 1. The molecular formula is C13H9Cl2N3O2. The predicted molar refractivity (Wildman–Crippen MR) is 75.4 cm³/mol. The van der Waals surface area contributed by atoms with Gasteiger partial charge in [-0.3, -0.25) is 4.79 Å². The maximum atomic E-state index is 12.3. The van der Waals surface area contributed by atoms with Gasteiger partial charge >= 0.3 is 0 Å². The lowest BCUT2D eigenvalue weighted by Gasteiger charge is -2.09. The zero-order chi connectivity index (χ0) is 14.1. The molecule has 1 aromatic carbocycles. The molecule has 7 heteroatoms. The molecule has 5 nitrogen and oxygen atoms in total. The van der Waals surface area contributed by atoms with E-state index in [-0.39, 0.29) is 28.1 Å². The molecule has 1 atom stereocenters. The molecular weight excluding hydrogens is 301 g/mol. The van der Waals surface area contributed by atoms with Crippen molar-refractivity contribution in [2.24, 2.45) is 0 Å². The van der Waals surface area contributed by atoms with Crippen LogP contribution in [0.4, 0.5) is 5.82 Å². The van der Waals surface area contributed by atoms with E-state index in [9.17, 15) is 4.79 Å². The Bertz CT molecular complexity index is 658. The third-order valence-corrected chi connectivity index (χ3v) is 3.30. The first-order valence-corrected chi connectivity index (χ1v) is 6.62. The number of aromatic nitrogens is 2. The quantitative estimate of drug-likeness (QED) is 0.684. The van der Waals surface area contributed by atoms with Crippen molar-refractivity contribution in [1.82, 2.24) is 9.97 Å². The number of amides is 1. The van der Waals surface area contributed by atoms with E-state index in [4.69, 9.17) is 27.9 Å². The van der Waals surface area contributed by atoms with Gasteiger partial charge < -0.3 is 10.1 Å². The monoisotopic (exact) mass is 309 g/mol. The van der Waals surface area contributed by atoms with Crippen LogP contribution in [0.2, 0.25) is 10.4 Å². The molecule has 0 spiro atoms. The van der Waals surface area contributed by atoms with Gasteiger partial charge in [-0.2, -0.15) is 0 Å². The predicted octanol–water partition coefficient (Wildman–Crippen LogP) is 2.90. The topological polar surface area (TPSA) is 64.1 Å². The van der Waals surface area contributed by atoms with E-state index < -0.39 is 0 Å². The Morgan fingerprint density at radius 1 is 1.30 bits per heavy atom. The summed E-state index contributed by atoms with van der Waals surface area (Å²) in [5.41, 5.74) is 0.858. The van der Waals surface area contributed by atoms with Crippen LogP contribution in [0, 0.1) is 0 Å². The van der Waals surface area contributed by atoms with Crippen LogP contribution in [0.25, 0.3) is 0 Å². The average Bonchev–Trinajstić information content (AvgIpc) is 2.81. The molecule has 0 saturated heterocycles. The summed E-state index contributed by atoms with van der Waals surface area (Å²) < 4.78 is 5.47. The largest absolute Gasteiger partial charge is 0.492 e. The van der Waals surface area contributed by atoms with Crippen LogP contribution < -0.4 is 10.1 Å². The number of rotatable bonds is 2. The Hall–Kier alpha value is -1.85. The summed E-state index contributed by atoms with van der Waals surface area (Å²) in [5, 5.41) is 2.82. The van der Waals surface area contributed by atoms with Crippen LogP contribution in [0.15, 0.2) is 30.3 Å². The van der Waals surface area contributed by atoms with Gasteiger partial charge in [-0.05, 0) is 17.7 Å². The van der Waals surface area contributed by atoms with Crippen molar-refractivity contribution in [2.75, 3.05) is 11.9 Å². The lowest BCUT2D eigenvalue weighted by Crippen LogP contribution is -2.22. The number of para-hydroxylation sites is 1. The minimum Gasteiger partial charge on any atom is -0.492 e. The zero-order valence-electron chi connectivity index (χ0n) is 10.1. The number of ether oxygens (including phenoxy) is 1. The molecule has 1 amide bonds. The molecule has 1 aliphatic rings. The zero-order valence-corrected chi connectivity index (χ0v) is 11.6. The van der Waals surface area contributed by atoms with E-state index >= 15 is 0 Å². The Morgan fingerprint density at radius 2 is 2.10 bits per heavy atom. The molecule has 20 heavy (non-hydrogen) atoms. The Morgan fingerprint density at radius 3 is 2.90 bits per heavy atom. The summed E-state index contributed by atoms with van der Waals surface area (Å²) in [4.78, 5) is 19.9. The fraction of sp³-hybridized carbons (Fsp3) is 0.154. The lowest BCUT2D eigenvalue weighted by molar-refractivity contribution is -0.117. The molecule has 102 valence electrons. The number of anilines is 1. The molecule has 1 aromatic heterocycles. The number of nitrogens with one attached hydrogen (secondary N) is 1. The third-order valence-electron chi connectivity index (χ3n) is 2.94. The van der Waals surface area contributed by atoms with E-state index in [1.54, 1.807) is 0 Å². The van der Waals surface area contributed by atoms with Crippen LogP contribution in [0.1, 0.15) is 11.5 Å². The highest BCUT2D eigenvalue weighted by Gasteiger charge is 2.30. The Kier molecular flexibility index (Phi) is 3.46. The van der Waals surface area contributed by atoms with Gasteiger partial charge in [-0.25, -0.2) is 9.97 Å².